The van der Waals surface area contributed by atoms with Crippen LogP contribution in [0.15, 0.2) is 18.3 Å². The molecular weight excluding hydrogens is 216 g/mol. The molecule has 2 fully saturated rings. The molecule has 0 saturated carbocycles. The molecule has 1 aromatic heterocycles. The number of pyridine rings is 1. The van der Waals surface area contributed by atoms with Gasteiger partial charge in [-0.15, -0.1) is 0 Å². The highest BCUT2D eigenvalue weighted by atomic mass is 16.5. The molecule has 3 heterocycles. The maximum atomic E-state index is 5.82. The summed E-state index contributed by atoms with van der Waals surface area (Å²) in [5, 5.41) is 0. The van der Waals surface area contributed by atoms with Crippen LogP contribution in [0.25, 0.3) is 0 Å². The largest absolute Gasteiger partial charge is 0.372 e. The molecule has 0 amide bonds. The van der Waals surface area contributed by atoms with Gasteiger partial charge in [0, 0.05) is 25.8 Å². The van der Waals surface area contributed by atoms with Gasteiger partial charge >= 0.3 is 0 Å². The Labute approximate surface area is 101 Å². The zero-order valence-electron chi connectivity index (χ0n) is 9.80. The second-order valence-electron chi connectivity index (χ2n) is 4.83. The molecule has 0 spiro atoms. The van der Waals surface area contributed by atoms with Gasteiger partial charge in [0.25, 0.3) is 0 Å². The summed E-state index contributed by atoms with van der Waals surface area (Å²) < 4.78 is 5.82. The third-order valence-electron chi connectivity index (χ3n) is 3.49. The highest BCUT2D eigenvalue weighted by Crippen LogP contribution is 2.27. The van der Waals surface area contributed by atoms with Gasteiger partial charge in [0.05, 0.1) is 23.6 Å². The smallest absolute Gasteiger partial charge is 0.0707 e. The molecule has 2 aliphatic rings. The van der Waals surface area contributed by atoms with Crippen LogP contribution in [0.1, 0.15) is 18.5 Å². The van der Waals surface area contributed by atoms with Crippen LogP contribution < -0.4 is 11.3 Å². The number of nitrogens with zero attached hydrogens (tertiary/aromatic N) is 2. The molecule has 3 N–H and O–H groups in total. The lowest BCUT2D eigenvalue weighted by Crippen LogP contribution is -2.42. The van der Waals surface area contributed by atoms with Crippen molar-refractivity contribution in [3.63, 3.8) is 0 Å². The molecule has 3 rings (SSSR count). The average Bonchev–Trinajstić information content (AvgIpc) is 2.69. The first kappa shape index (κ1) is 11.0. The van der Waals surface area contributed by atoms with E-state index >= 15 is 0 Å². The predicted octanol–water partition coefficient (Wildman–Crippen LogP) is 0.730. The lowest BCUT2D eigenvalue weighted by atomic mass is 10.2. The minimum Gasteiger partial charge on any atom is -0.372 e. The first-order chi connectivity index (χ1) is 8.33. The Morgan fingerprint density at radius 3 is 2.88 bits per heavy atom. The van der Waals surface area contributed by atoms with Crippen molar-refractivity contribution >= 4 is 5.69 Å². The maximum absolute atomic E-state index is 5.82. The number of hydrazine groups is 1. The Morgan fingerprint density at radius 1 is 1.41 bits per heavy atom. The summed E-state index contributed by atoms with van der Waals surface area (Å²) in [7, 11) is 0. The number of nitrogen functional groups attached to an aromatic ring is 1. The molecule has 5 nitrogen and oxygen atoms in total. The van der Waals surface area contributed by atoms with Gasteiger partial charge in [-0.25, -0.2) is 0 Å². The first-order valence-electron chi connectivity index (χ1n) is 6.13. The molecule has 2 unspecified atom stereocenters. The Bertz CT molecular complexity index is 386. The van der Waals surface area contributed by atoms with Crippen molar-refractivity contribution < 1.29 is 4.74 Å². The van der Waals surface area contributed by atoms with Crippen molar-refractivity contribution in [2.75, 3.05) is 18.5 Å². The van der Waals surface area contributed by atoms with Crippen LogP contribution in [0.2, 0.25) is 0 Å². The predicted molar refractivity (Wildman–Crippen MR) is 65.2 cm³/mol. The van der Waals surface area contributed by atoms with E-state index in [1.165, 1.54) is 12.8 Å². The summed E-state index contributed by atoms with van der Waals surface area (Å²) >= 11 is 0. The summed E-state index contributed by atoms with van der Waals surface area (Å²) in [6.07, 6.45) is 5.08. The van der Waals surface area contributed by atoms with Gasteiger partial charge in [0.15, 0.2) is 0 Å². The quantitative estimate of drug-likeness (QED) is 0.596. The van der Waals surface area contributed by atoms with E-state index in [9.17, 15) is 0 Å². The van der Waals surface area contributed by atoms with E-state index in [2.05, 4.69) is 15.3 Å². The fraction of sp³-hybridized carbons (Fsp3) is 0.583. The third-order valence-corrected chi connectivity index (χ3v) is 3.49. The van der Waals surface area contributed by atoms with E-state index in [1.807, 2.05) is 12.1 Å². The van der Waals surface area contributed by atoms with Gasteiger partial charge < -0.3 is 10.2 Å². The average molecular weight is 234 g/mol. The van der Waals surface area contributed by atoms with Gasteiger partial charge in [0.1, 0.15) is 0 Å². The van der Waals surface area contributed by atoms with Gasteiger partial charge in [0.2, 0.25) is 0 Å². The van der Waals surface area contributed by atoms with Gasteiger partial charge in [-0.3, -0.25) is 15.7 Å². The molecule has 0 radical (unpaired) electrons. The number of morpholine rings is 1. The number of nitrogens with one attached hydrogen (secondary N) is 1. The molecule has 5 heteroatoms. The molecule has 0 aromatic carbocycles. The van der Waals surface area contributed by atoms with Crippen LogP contribution in [-0.4, -0.2) is 35.2 Å². The number of nitrogens with two attached hydrogens (primary N) is 1. The fourth-order valence-electron chi connectivity index (χ4n) is 2.71. The molecular formula is C12H18N4O. The van der Waals surface area contributed by atoms with Crippen molar-refractivity contribution in [3.05, 3.63) is 24.0 Å². The second kappa shape index (κ2) is 4.60. The van der Waals surface area contributed by atoms with Crippen LogP contribution >= 0.6 is 0 Å². The number of anilines is 1. The molecule has 1 aromatic rings. The van der Waals surface area contributed by atoms with E-state index in [4.69, 9.17) is 10.6 Å². The molecule has 2 atom stereocenters. The zero-order valence-corrected chi connectivity index (χ0v) is 9.80. The van der Waals surface area contributed by atoms with Crippen molar-refractivity contribution in [2.24, 2.45) is 5.84 Å². The van der Waals surface area contributed by atoms with E-state index in [0.29, 0.717) is 12.2 Å². The van der Waals surface area contributed by atoms with Crippen molar-refractivity contribution in [2.45, 2.75) is 31.6 Å². The fourth-order valence-corrected chi connectivity index (χ4v) is 2.71. The van der Waals surface area contributed by atoms with Crippen molar-refractivity contribution in [1.29, 1.82) is 0 Å². The lowest BCUT2D eigenvalue weighted by molar-refractivity contribution is -0.0413. The van der Waals surface area contributed by atoms with Gasteiger partial charge in [-0.2, -0.15) is 0 Å². The van der Waals surface area contributed by atoms with Crippen LogP contribution in [0.4, 0.5) is 5.69 Å². The topological polar surface area (TPSA) is 63.4 Å². The molecule has 2 saturated heterocycles. The number of fused-ring (bicyclic) bond motifs is 2. The summed E-state index contributed by atoms with van der Waals surface area (Å²) in [6.45, 7) is 2.93. The summed E-state index contributed by atoms with van der Waals surface area (Å²) in [6, 6.07) is 3.86. The van der Waals surface area contributed by atoms with E-state index in [-0.39, 0.29) is 0 Å². The maximum Gasteiger partial charge on any atom is 0.0707 e. The summed E-state index contributed by atoms with van der Waals surface area (Å²) in [4.78, 5) is 6.80. The second-order valence-corrected chi connectivity index (χ2v) is 4.83. The van der Waals surface area contributed by atoms with Crippen LogP contribution in [0.3, 0.4) is 0 Å². The van der Waals surface area contributed by atoms with Crippen molar-refractivity contribution in [1.82, 2.24) is 9.88 Å². The Morgan fingerprint density at radius 2 is 2.18 bits per heavy atom. The normalized spacial score (nSPS) is 28.3. The van der Waals surface area contributed by atoms with Crippen molar-refractivity contribution in [3.8, 4) is 0 Å². The minimum atomic E-state index is 0.435. The van der Waals surface area contributed by atoms with E-state index < -0.39 is 0 Å². The SMILES string of the molecule is NNc1ccnc(CN2CC3CCC(C2)O3)c1. The third kappa shape index (κ3) is 2.41. The molecule has 17 heavy (non-hydrogen) atoms. The summed E-state index contributed by atoms with van der Waals surface area (Å²) in [5.74, 6) is 5.39. The lowest BCUT2D eigenvalue weighted by Gasteiger charge is -2.31. The van der Waals surface area contributed by atoms with Crippen LogP contribution in [0.5, 0.6) is 0 Å². The van der Waals surface area contributed by atoms with Gasteiger partial charge in [-0.05, 0) is 25.0 Å². The zero-order chi connectivity index (χ0) is 11.7. The minimum absolute atomic E-state index is 0.435. The highest BCUT2D eigenvalue weighted by molar-refractivity contribution is 5.41. The Balaban J connectivity index is 1.66. The molecule has 2 bridgehead atoms. The number of likely N-dealkylation sites (tertiary alicyclic amines) is 1. The molecule has 0 aliphatic carbocycles. The van der Waals surface area contributed by atoms with E-state index in [1.54, 1.807) is 6.20 Å². The standard InChI is InChI=1S/C12H18N4O/c13-15-9-3-4-14-10(5-9)6-16-7-11-1-2-12(8-16)17-11/h3-5,11-12H,1-2,6-8,13H2,(H,14,15). The van der Waals surface area contributed by atoms with Gasteiger partial charge in [-0.1, -0.05) is 0 Å². The van der Waals surface area contributed by atoms with Crippen LogP contribution in [-0.2, 0) is 11.3 Å². The number of hydrogen-bond donors (Lipinski definition) is 2. The summed E-state index contributed by atoms with van der Waals surface area (Å²) in [5.41, 5.74) is 4.62. The number of ether oxygens (including phenoxy) is 1. The highest BCUT2D eigenvalue weighted by Gasteiger charge is 2.33. The Hall–Kier alpha value is -1.17. The number of aromatic nitrogens is 1. The first-order valence-corrected chi connectivity index (χ1v) is 6.13. The number of rotatable bonds is 3. The molecule has 2 aliphatic heterocycles. The monoisotopic (exact) mass is 234 g/mol. The van der Waals surface area contributed by atoms with Crippen LogP contribution in [0, 0.1) is 0 Å². The van der Waals surface area contributed by atoms with E-state index in [0.717, 1.165) is 31.0 Å². The number of hydrogen-bond acceptors (Lipinski definition) is 5. The Kier molecular flexibility index (Phi) is 2.96. The molecule has 92 valence electrons.